The van der Waals surface area contributed by atoms with Crippen LogP contribution >= 0.6 is 0 Å². The van der Waals surface area contributed by atoms with E-state index in [9.17, 15) is 10.2 Å². The average molecular weight is 277 g/mol. The van der Waals surface area contributed by atoms with Crippen LogP contribution in [0.5, 0.6) is 11.5 Å². The van der Waals surface area contributed by atoms with Crippen LogP contribution in [0.4, 0.5) is 0 Å². The smallest absolute Gasteiger partial charge is 0.160 e. The van der Waals surface area contributed by atoms with Gasteiger partial charge in [0.2, 0.25) is 0 Å². The standard InChI is InChI=1S/C17H27NO2/c1-3-10-18(11-4-2)14-6-5-7-15-13(12-14)8-9-16(19)17(15)20/h8-9,14,19-20H,3-7,10-12H2,1-2H3/t14-/m1/s1. The first kappa shape index (κ1) is 15.2. The highest BCUT2D eigenvalue weighted by Crippen LogP contribution is 2.35. The highest BCUT2D eigenvalue weighted by atomic mass is 16.3. The van der Waals surface area contributed by atoms with Crippen LogP contribution in [0.1, 0.15) is 50.7 Å². The summed E-state index contributed by atoms with van der Waals surface area (Å²) in [5, 5.41) is 19.7. The minimum atomic E-state index is 0.0150. The maximum atomic E-state index is 10.0. The molecule has 0 amide bonds. The molecule has 1 aromatic rings. The number of hydrogen-bond donors (Lipinski definition) is 2. The van der Waals surface area contributed by atoms with E-state index in [4.69, 9.17) is 0 Å². The lowest BCUT2D eigenvalue weighted by Crippen LogP contribution is -2.37. The molecule has 0 fully saturated rings. The number of hydrogen-bond acceptors (Lipinski definition) is 3. The van der Waals surface area contributed by atoms with Crippen molar-refractivity contribution in [2.45, 2.75) is 58.4 Å². The summed E-state index contributed by atoms with van der Waals surface area (Å²) in [4.78, 5) is 2.60. The maximum Gasteiger partial charge on any atom is 0.160 e. The summed E-state index contributed by atoms with van der Waals surface area (Å²) in [6, 6.07) is 4.18. The zero-order chi connectivity index (χ0) is 14.5. The van der Waals surface area contributed by atoms with Gasteiger partial charge in [-0.3, -0.25) is 0 Å². The Labute approximate surface area is 122 Å². The van der Waals surface area contributed by atoms with Crippen molar-refractivity contribution in [3.05, 3.63) is 23.3 Å². The van der Waals surface area contributed by atoms with Gasteiger partial charge in [0.25, 0.3) is 0 Å². The molecule has 2 N–H and O–H groups in total. The molecule has 0 aliphatic heterocycles. The summed E-state index contributed by atoms with van der Waals surface area (Å²) >= 11 is 0. The van der Waals surface area contributed by atoms with E-state index < -0.39 is 0 Å². The molecular weight excluding hydrogens is 250 g/mol. The van der Waals surface area contributed by atoms with Crippen molar-refractivity contribution >= 4 is 0 Å². The molecule has 3 nitrogen and oxygen atoms in total. The van der Waals surface area contributed by atoms with E-state index in [1.807, 2.05) is 6.07 Å². The minimum absolute atomic E-state index is 0.0150. The second kappa shape index (κ2) is 6.98. The first-order valence-corrected chi connectivity index (χ1v) is 7.94. The number of aromatic hydroxyl groups is 2. The Morgan fingerprint density at radius 3 is 2.50 bits per heavy atom. The van der Waals surface area contributed by atoms with Crippen LogP contribution in [-0.4, -0.2) is 34.2 Å². The molecule has 0 heterocycles. The van der Waals surface area contributed by atoms with Gasteiger partial charge in [-0.2, -0.15) is 0 Å². The summed E-state index contributed by atoms with van der Waals surface area (Å²) < 4.78 is 0. The Kier molecular flexibility index (Phi) is 5.30. The van der Waals surface area contributed by atoms with Crippen molar-refractivity contribution in [3.8, 4) is 11.5 Å². The highest BCUT2D eigenvalue weighted by molar-refractivity contribution is 5.49. The fraction of sp³-hybridized carbons (Fsp3) is 0.647. The summed E-state index contributed by atoms with van der Waals surface area (Å²) in [7, 11) is 0. The number of phenols is 2. The fourth-order valence-electron chi connectivity index (χ4n) is 3.37. The predicted octanol–water partition coefficient (Wildman–Crippen LogP) is 3.47. The molecule has 2 rings (SSSR count). The Bertz CT molecular complexity index is 439. The molecule has 112 valence electrons. The molecule has 1 aliphatic rings. The first-order valence-electron chi connectivity index (χ1n) is 7.94. The first-order chi connectivity index (χ1) is 9.67. The van der Waals surface area contributed by atoms with Crippen LogP contribution < -0.4 is 0 Å². The van der Waals surface area contributed by atoms with Crippen LogP contribution in [0.25, 0.3) is 0 Å². The molecular formula is C17H27NO2. The van der Waals surface area contributed by atoms with Crippen LogP contribution in [0.2, 0.25) is 0 Å². The normalized spacial score (nSPS) is 18.9. The lowest BCUT2D eigenvalue weighted by Gasteiger charge is -2.30. The molecule has 1 atom stereocenters. The van der Waals surface area contributed by atoms with Crippen LogP contribution in [0.15, 0.2) is 12.1 Å². The van der Waals surface area contributed by atoms with Gasteiger partial charge in [0.05, 0.1) is 0 Å². The van der Waals surface area contributed by atoms with Gasteiger partial charge in [-0.05, 0) is 63.2 Å². The highest BCUT2D eigenvalue weighted by Gasteiger charge is 2.24. The van der Waals surface area contributed by atoms with Gasteiger partial charge < -0.3 is 15.1 Å². The van der Waals surface area contributed by atoms with Crippen molar-refractivity contribution in [3.63, 3.8) is 0 Å². The zero-order valence-corrected chi connectivity index (χ0v) is 12.7. The van der Waals surface area contributed by atoms with E-state index in [1.54, 1.807) is 6.07 Å². The number of benzene rings is 1. The average Bonchev–Trinajstić information content (AvgIpc) is 2.65. The van der Waals surface area contributed by atoms with Gasteiger partial charge >= 0.3 is 0 Å². The van der Waals surface area contributed by atoms with Crippen molar-refractivity contribution in [2.24, 2.45) is 0 Å². The molecule has 3 heteroatoms. The third-order valence-corrected chi connectivity index (χ3v) is 4.32. The summed E-state index contributed by atoms with van der Waals surface area (Å²) in [5.74, 6) is 0.113. The Morgan fingerprint density at radius 2 is 1.85 bits per heavy atom. The number of nitrogens with zero attached hydrogens (tertiary/aromatic N) is 1. The third-order valence-electron chi connectivity index (χ3n) is 4.32. The van der Waals surface area contributed by atoms with Gasteiger partial charge in [-0.25, -0.2) is 0 Å². The second-order valence-electron chi connectivity index (χ2n) is 5.86. The quantitative estimate of drug-likeness (QED) is 0.640. The van der Waals surface area contributed by atoms with Crippen molar-refractivity contribution in [2.75, 3.05) is 13.1 Å². The predicted molar refractivity (Wildman–Crippen MR) is 82.4 cm³/mol. The Morgan fingerprint density at radius 1 is 1.15 bits per heavy atom. The Balaban J connectivity index is 2.20. The summed E-state index contributed by atoms with van der Waals surface area (Å²) in [6.07, 6.45) is 6.49. The van der Waals surface area contributed by atoms with Gasteiger partial charge in [-0.1, -0.05) is 19.9 Å². The molecule has 0 saturated heterocycles. The lowest BCUT2D eigenvalue weighted by atomic mass is 9.99. The van der Waals surface area contributed by atoms with Crippen LogP contribution in [0.3, 0.4) is 0 Å². The van der Waals surface area contributed by atoms with Crippen molar-refractivity contribution < 1.29 is 10.2 Å². The third kappa shape index (κ3) is 3.26. The monoisotopic (exact) mass is 277 g/mol. The SMILES string of the molecule is CCCN(CCC)[C@@H]1CCCc2c(ccc(O)c2O)C1. The zero-order valence-electron chi connectivity index (χ0n) is 12.7. The molecule has 20 heavy (non-hydrogen) atoms. The van der Waals surface area contributed by atoms with Gasteiger partial charge in [0.1, 0.15) is 0 Å². The Hall–Kier alpha value is -1.22. The maximum absolute atomic E-state index is 10.0. The van der Waals surface area contributed by atoms with E-state index in [-0.39, 0.29) is 11.5 Å². The summed E-state index contributed by atoms with van der Waals surface area (Å²) in [6.45, 7) is 6.77. The van der Waals surface area contributed by atoms with E-state index in [2.05, 4.69) is 18.7 Å². The molecule has 0 bridgehead atoms. The molecule has 0 radical (unpaired) electrons. The molecule has 1 aromatic carbocycles. The van der Waals surface area contributed by atoms with E-state index in [0.29, 0.717) is 6.04 Å². The molecule has 1 aliphatic carbocycles. The van der Waals surface area contributed by atoms with Crippen molar-refractivity contribution in [1.29, 1.82) is 0 Å². The van der Waals surface area contributed by atoms with Gasteiger partial charge in [0, 0.05) is 11.6 Å². The molecule has 0 aromatic heterocycles. The molecule has 0 saturated carbocycles. The van der Waals surface area contributed by atoms with E-state index in [1.165, 1.54) is 24.8 Å². The number of phenolic OH excluding ortho intramolecular Hbond substituents is 2. The van der Waals surface area contributed by atoms with Crippen LogP contribution in [0, 0.1) is 0 Å². The minimum Gasteiger partial charge on any atom is -0.504 e. The second-order valence-corrected chi connectivity index (χ2v) is 5.86. The molecule has 0 unspecified atom stereocenters. The number of fused-ring (bicyclic) bond motifs is 1. The van der Waals surface area contributed by atoms with E-state index >= 15 is 0 Å². The number of rotatable bonds is 5. The summed E-state index contributed by atoms with van der Waals surface area (Å²) in [5.41, 5.74) is 2.17. The largest absolute Gasteiger partial charge is 0.504 e. The lowest BCUT2D eigenvalue weighted by molar-refractivity contribution is 0.185. The van der Waals surface area contributed by atoms with Crippen LogP contribution in [-0.2, 0) is 12.8 Å². The molecule has 0 spiro atoms. The topological polar surface area (TPSA) is 43.7 Å². The van der Waals surface area contributed by atoms with Gasteiger partial charge in [-0.15, -0.1) is 0 Å². The van der Waals surface area contributed by atoms with Gasteiger partial charge in [0.15, 0.2) is 11.5 Å². The van der Waals surface area contributed by atoms with Crippen molar-refractivity contribution in [1.82, 2.24) is 4.90 Å². The van der Waals surface area contributed by atoms with E-state index in [0.717, 1.165) is 37.9 Å². The fourth-order valence-corrected chi connectivity index (χ4v) is 3.37.